The molecule has 252 valence electrons. The van der Waals surface area contributed by atoms with Gasteiger partial charge in [0, 0.05) is 13.2 Å². The predicted molar refractivity (Wildman–Crippen MR) is 193 cm³/mol. The molecule has 0 aliphatic carbocycles. The van der Waals surface area contributed by atoms with E-state index in [-0.39, 0.29) is 6.10 Å². The second kappa shape index (κ2) is 38.9. The lowest BCUT2D eigenvalue weighted by molar-refractivity contribution is -0.0211. The average molecular weight is 602 g/mol. The molecule has 1 atom stereocenters. The molecule has 0 unspecified atom stereocenters. The zero-order valence-electron chi connectivity index (χ0n) is 29.1. The van der Waals surface area contributed by atoms with Crippen LogP contribution < -0.4 is 5.73 Å². The summed E-state index contributed by atoms with van der Waals surface area (Å²) in [7, 11) is 0. The second-order valence-electron chi connectivity index (χ2n) is 12.3. The van der Waals surface area contributed by atoms with E-state index in [9.17, 15) is 0 Å². The Morgan fingerprint density at radius 2 is 0.860 bits per heavy atom. The van der Waals surface area contributed by atoms with Gasteiger partial charge >= 0.3 is 0 Å². The van der Waals surface area contributed by atoms with E-state index in [1.807, 2.05) is 0 Å². The van der Waals surface area contributed by atoms with Gasteiger partial charge in [-0.2, -0.15) is 0 Å². The van der Waals surface area contributed by atoms with Crippen LogP contribution >= 0.6 is 0 Å². The highest BCUT2D eigenvalue weighted by molar-refractivity contribution is 4.93. The molecule has 0 saturated carbocycles. The number of rotatable bonds is 35. The number of unbranched alkanes of at least 4 members (excludes halogenated alkanes) is 18. The lowest BCUT2D eigenvalue weighted by Gasteiger charge is -2.17. The fraction of sp³-hybridized carbons (Fsp3) is 0.800. The average Bonchev–Trinajstić information content (AvgIpc) is 3.01. The van der Waals surface area contributed by atoms with Crippen molar-refractivity contribution in [2.75, 3.05) is 26.4 Å². The van der Waals surface area contributed by atoms with E-state index in [0.29, 0.717) is 13.2 Å². The minimum Gasteiger partial charge on any atom is -0.379 e. The monoisotopic (exact) mass is 602 g/mol. The van der Waals surface area contributed by atoms with Gasteiger partial charge in [-0.25, -0.2) is 0 Å². The van der Waals surface area contributed by atoms with Crippen molar-refractivity contribution in [2.24, 2.45) is 5.73 Å². The van der Waals surface area contributed by atoms with Gasteiger partial charge in [0.1, 0.15) is 0 Å². The summed E-state index contributed by atoms with van der Waals surface area (Å²) in [5.74, 6) is 0. The third kappa shape index (κ3) is 36.9. The van der Waals surface area contributed by atoms with Crippen molar-refractivity contribution in [3.8, 4) is 0 Å². The van der Waals surface area contributed by atoms with Crippen molar-refractivity contribution in [1.29, 1.82) is 0 Å². The van der Waals surface area contributed by atoms with E-state index in [1.165, 1.54) is 128 Å². The minimum atomic E-state index is 0.160. The van der Waals surface area contributed by atoms with Crippen molar-refractivity contribution in [3.05, 3.63) is 48.6 Å². The topological polar surface area (TPSA) is 44.5 Å². The van der Waals surface area contributed by atoms with Crippen LogP contribution in [-0.2, 0) is 9.47 Å². The third-order valence-corrected chi connectivity index (χ3v) is 7.98. The van der Waals surface area contributed by atoms with E-state index >= 15 is 0 Å². The molecule has 43 heavy (non-hydrogen) atoms. The van der Waals surface area contributed by atoms with Gasteiger partial charge in [0.15, 0.2) is 0 Å². The summed E-state index contributed by atoms with van der Waals surface area (Å²) < 4.78 is 12.1. The summed E-state index contributed by atoms with van der Waals surface area (Å²) in [6, 6.07) is 0. The first kappa shape index (κ1) is 41.8. The molecule has 0 aliphatic heterocycles. The first-order valence-electron chi connectivity index (χ1n) is 18.8. The van der Waals surface area contributed by atoms with Crippen molar-refractivity contribution in [2.45, 2.75) is 180 Å². The van der Waals surface area contributed by atoms with Crippen LogP contribution in [0.3, 0.4) is 0 Å². The van der Waals surface area contributed by atoms with Gasteiger partial charge in [-0.3, -0.25) is 0 Å². The van der Waals surface area contributed by atoms with Crippen LogP contribution in [-0.4, -0.2) is 32.5 Å². The molecule has 0 bridgehead atoms. The van der Waals surface area contributed by atoms with Gasteiger partial charge in [0.25, 0.3) is 0 Å². The predicted octanol–water partition coefficient (Wildman–Crippen LogP) is 12.4. The molecule has 0 aliphatic rings. The van der Waals surface area contributed by atoms with Crippen LogP contribution in [0.25, 0.3) is 0 Å². The van der Waals surface area contributed by atoms with Gasteiger partial charge < -0.3 is 15.2 Å². The Bertz CT molecular complexity index is 624. The summed E-state index contributed by atoms with van der Waals surface area (Å²) in [5, 5.41) is 0. The molecule has 0 heterocycles. The van der Waals surface area contributed by atoms with Crippen molar-refractivity contribution in [3.63, 3.8) is 0 Å². The fourth-order valence-corrected chi connectivity index (χ4v) is 5.15. The number of hydrogen-bond donors (Lipinski definition) is 1. The quantitative estimate of drug-likeness (QED) is 0.0580. The first-order chi connectivity index (χ1) is 21.3. The molecule has 0 aromatic carbocycles. The lowest BCUT2D eigenvalue weighted by Crippen LogP contribution is -2.24. The molecular weight excluding hydrogens is 526 g/mol. The molecule has 3 heteroatoms. The van der Waals surface area contributed by atoms with Crippen LogP contribution in [0, 0.1) is 0 Å². The van der Waals surface area contributed by atoms with Gasteiger partial charge in [0.2, 0.25) is 0 Å². The van der Waals surface area contributed by atoms with Crippen molar-refractivity contribution >= 4 is 0 Å². The molecule has 0 fully saturated rings. The summed E-state index contributed by atoms with van der Waals surface area (Å²) in [5.41, 5.74) is 5.82. The Kier molecular flexibility index (Phi) is 37.8. The fourth-order valence-electron chi connectivity index (χ4n) is 5.15. The zero-order valence-corrected chi connectivity index (χ0v) is 29.1. The Morgan fingerprint density at radius 1 is 0.465 bits per heavy atom. The summed E-state index contributed by atoms with van der Waals surface area (Å²) in [6.07, 6.45) is 50.4. The molecule has 3 nitrogen and oxygen atoms in total. The molecule has 0 radical (unpaired) electrons. The lowest BCUT2D eigenvalue weighted by atomic mass is 10.1. The second-order valence-corrected chi connectivity index (χ2v) is 12.3. The smallest absolute Gasteiger partial charge is 0.0820 e. The number of allylic oxidation sites excluding steroid dienone is 8. The Balaban J connectivity index is 3.48. The van der Waals surface area contributed by atoms with Crippen LogP contribution in [0.1, 0.15) is 174 Å². The van der Waals surface area contributed by atoms with Gasteiger partial charge in [-0.1, -0.05) is 140 Å². The van der Waals surface area contributed by atoms with E-state index < -0.39 is 0 Å². The summed E-state index contributed by atoms with van der Waals surface area (Å²) in [4.78, 5) is 0. The number of nitrogens with two attached hydrogens (primary N) is 1. The van der Waals surface area contributed by atoms with Gasteiger partial charge in [-0.05, 0) is 90.0 Å². The van der Waals surface area contributed by atoms with Crippen LogP contribution in [0.4, 0.5) is 0 Å². The Hall–Kier alpha value is -1.16. The van der Waals surface area contributed by atoms with E-state index in [0.717, 1.165) is 45.3 Å². The zero-order chi connectivity index (χ0) is 31.2. The largest absolute Gasteiger partial charge is 0.379 e. The maximum Gasteiger partial charge on any atom is 0.0820 e. The molecule has 0 amide bonds. The molecule has 2 N–H and O–H groups in total. The molecule has 0 rings (SSSR count). The first-order valence-corrected chi connectivity index (χ1v) is 18.8. The van der Waals surface area contributed by atoms with Gasteiger partial charge in [0.05, 0.1) is 12.7 Å². The minimum absolute atomic E-state index is 0.160. The highest BCUT2D eigenvalue weighted by Gasteiger charge is 2.08. The molecular formula is C40H75NO2. The summed E-state index contributed by atoms with van der Waals surface area (Å²) in [6.45, 7) is 7.58. The highest BCUT2D eigenvalue weighted by Crippen LogP contribution is 2.11. The SMILES string of the molecule is CCCCC/C=C\C/C=C\CCCCCCCCOC[C@H](CCN)OCCCCCCCC/C=C\C/C=C\CCCCC. The van der Waals surface area contributed by atoms with Gasteiger partial charge in [-0.15, -0.1) is 0 Å². The van der Waals surface area contributed by atoms with Crippen LogP contribution in [0.2, 0.25) is 0 Å². The number of hydrogen-bond acceptors (Lipinski definition) is 3. The van der Waals surface area contributed by atoms with Crippen molar-refractivity contribution < 1.29 is 9.47 Å². The standard InChI is InChI=1S/C40H75NO2/c1-3-5-7-9-11-13-15-17-19-21-23-25-27-29-31-33-37-42-39-40(35-36-41)43-38-34-32-30-28-26-24-22-20-18-16-14-12-10-8-6-4-2/h11-14,17-20,40H,3-10,15-16,21-39,41H2,1-2H3/b13-11-,14-12-,19-17-,20-18-/t40-/m0/s1. The van der Waals surface area contributed by atoms with Crippen molar-refractivity contribution in [1.82, 2.24) is 0 Å². The van der Waals surface area contributed by atoms with E-state index in [4.69, 9.17) is 15.2 Å². The maximum atomic E-state index is 6.11. The summed E-state index contributed by atoms with van der Waals surface area (Å²) >= 11 is 0. The molecule has 0 saturated heterocycles. The number of ether oxygens (including phenoxy) is 2. The Morgan fingerprint density at radius 3 is 1.30 bits per heavy atom. The van der Waals surface area contributed by atoms with E-state index in [1.54, 1.807) is 0 Å². The maximum absolute atomic E-state index is 6.11. The van der Waals surface area contributed by atoms with Crippen LogP contribution in [0.15, 0.2) is 48.6 Å². The normalized spacial score (nSPS) is 13.1. The molecule has 0 aromatic rings. The Labute approximate surface area is 270 Å². The van der Waals surface area contributed by atoms with E-state index in [2.05, 4.69) is 62.5 Å². The third-order valence-electron chi connectivity index (χ3n) is 7.98. The van der Waals surface area contributed by atoms with Crippen LogP contribution in [0.5, 0.6) is 0 Å². The molecule has 0 spiro atoms. The molecule has 0 aromatic heterocycles. The highest BCUT2D eigenvalue weighted by atomic mass is 16.5.